The van der Waals surface area contributed by atoms with Crippen molar-refractivity contribution >= 4 is 11.6 Å². The van der Waals surface area contributed by atoms with E-state index in [1.165, 1.54) is 6.42 Å². The van der Waals surface area contributed by atoms with Gasteiger partial charge in [-0.2, -0.15) is 0 Å². The monoisotopic (exact) mass is 248 g/mol. The molecule has 18 heavy (non-hydrogen) atoms. The Morgan fingerprint density at radius 3 is 2.72 bits per heavy atom. The second-order valence-corrected chi connectivity index (χ2v) is 4.91. The molecule has 2 atom stereocenters. The highest BCUT2D eigenvalue weighted by molar-refractivity contribution is 5.99. The van der Waals surface area contributed by atoms with E-state index in [1.807, 2.05) is 4.90 Å². The molecule has 0 saturated carbocycles. The molecule has 0 aliphatic carbocycles. The zero-order valence-electron chi connectivity index (χ0n) is 10.9. The largest absolute Gasteiger partial charge is 0.333 e. The molecule has 5 heteroatoms. The van der Waals surface area contributed by atoms with Crippen LogP contribution in [0.25, 0.3) is 0 Å². The fraction of sp³-hybridized carbons (Fsp3) is 0.538. The minimum atomic E-state index is 0.0325. The van der Waals surface area contributed by atoms with E-state index in [0.717, 1.165) is 12.8 Å². The Labute approximate surface area is 107 Å². The molecule has 3 N–H and O–H groups in total. The molecule has 2 unspecified atom stereocenters. The number of piperidine rings is 1. The van der Waals surface area contributed by atoms with Gasteiger partial charge in [-0.05, 0) is 39.2 Å². The molecule has 1 aliphatic rings. The van der Waals surface area contributed by atoms with E-state index in [2.05, 4.69) is 24.3 Å². The summed E-state index contributed by atoms with van der Waals surface area (Å²) in [6.45, 7) is 4.20. The molecule has 2 heterocycles. The highest BCUT2D eigenvalue weighted by Crippen LogP contribution is 2.26. The number of nitrogen functional groups attached to an aromatic ring is 1. The third kappa shape index (κ3) is 2.31. The summed E-state index contributed by atoms with van der Waals surface area (Å²) in [4.78, 5) is 18.5. The van der Waals surface area contributed by atoms with E-state index >= 15 is 0 Å². The number of hydrogen-bond acceptors (Lipinski definition) is 4. The zero-order valence-corrected chi connectivity index (χ0v) is 10.9. The van der Waals surface area contributed by atoms with Gasteiger partial charge >= 0.3 is 0 Å². The number of hydrogen-bond donors (Lipinski definition) is 2. The number of amides is 1. The van der Waals surface area contributed by atoms with Gasteiger partial charge < -0.3 is 10.3 Å². The molecule has 1 aliphatic heterocycles. The van der Waals surface area contributed by atoms with E-state index in [0.29, 0.717) is 11.3 Å². The van der Waals surface area contributed by atoms with Crippen molar-refractivity contribution in [1.29, 1.82) is 0 Å². The molecule has 0 bridgehead atoms. The lowest BCUT2D eigenvalue weighted by Crippen LogP contribution is -2.47. The fourth-order valence-electron chi connectivity index (χ4n) is 2.66. The smallest absolute Gasteiger partial charge is 0.256 e. The Hall–Kier alpha value is -1.62. The van der Waals surface area contributed by atoms with Crippen molar-refractivity contribution in [2.75, 3.05) is 5.43 Å². The molecule has 2 rings (SSSR count). The molecule has 1 amide bonds. The molecule has 0 radical (unpaired) electrons. The summed E-state index contributed by atoms with van der Waals surface area (Å²) in [6, 6.07) is 2.27. The van der Waals surface area contributed by atoms with Crippen molar-refractivity contribution < 1.29 is 4.79 Å². The van der Waals surface area contributed by atoms with Crippen LogP contribution in [0.1, 0.15) is 43.5 Å². The lowest BCUT2D eigenvalue weighted by molar-refractivity contribution is 0.0511. The van der Waals surface area contributed by atoms with Crippen LogP contribution in [0.4, 0.5) is 5.69 Å². The first-order valence-electron chi connectivity index (χ1n) is 6.38. The molecule has 0 aromatic carbocycles. The fourth-order valence-corrected chi connectivity index (χ4v) is 2.66. The average Bonchev–Trinajstić information content (AvgIpc) is 2.38. The standard InChI is InChI=1S/C13H20N4O/c1-9-4-3-5-10(2)17(9)13(18)11-6-7-15-8-12(11)16-14/h6-10,16H,3-5,14H2,1-2H3. The topological polar surface area (TPSA) is 71.2 Å². The Balaban J connectivity index is 2.29. The number of nitrogens with zero attached hydrogens (tertiary/aromatic N) is 2. The Kier molecular flexibility index (Phi) is 3.81. The van der Waals surface area contributed by atoms with E-state index in [4.69, 9.17) is 5.84 Å². The van der Waals surface area contributed by atoms with Gasteiger partial charge in [-0.15, -0.1) is 0 Å². The van der Waals surface area contributed by atoms with Crippen molar-refractivity contribution in [3.8, 4) is 0 Å². The predicted octanol–water partition coefficient (Wildman–Crippen LogP) is 1.77. The molecule has 1 aromatic heterocycles. The number of nitrogens with one attached hydrogen (secondary N) is 1. The third-order valence-electron chi connectivity index (χ3n) is 3.64. The third-order valence-corrected chi connectivity index (χ3v) is 3.64. The predicted molar refractivity (Wildman–Crippen MR) is 71.0 cm³/mol. The van der Waals surface area contributed by atoms with Gasteiger partial charge in [-0.1, -0.05) is 0 Å². The van der Waals surface area contributed by atoms with Crippen LogP contribution in [-0.4, -0.2) is 27.9 Å². The normalized spacial score (nSPS) is 23.8. The molecule has 0 spiro atoms. The maximum absolute atomic E-state index is 12.6. The van der Waals surface area contributed by atoms with Gasteiger partial charge in [0.15, 0.2) is 0 Å². The number of carbonyl (C=O) groups is 1. The summed E-state index contributed by atoms with van der Waals surface area (Å²) in [7, 11) is 0. The van der Waals surface area contributed by atoms with E-state index in [-0.39, 0.29) is 18.0 Å². The second-order valence-electron chi connectivity index (χ2n) is 4.91. The maximum atomic E-state index is 12.6. The highest BCUT2D eigenvalue weighted by Gasteiger charge is 2.30. The highest BCUT2D eigenvalue weighted by atomic mass is 16.2. The number of anilines is 1. The summed E-state index contributed by atoms with van der Waals surface area (Å²) < 4.78 is 0. The van der Waals surface area contributed by atoms with Crippen LogP contribution in [0.15, 0.2) is 18.5 Å². The van der Waals surface area contributed by atoms with Crippen LogP contribution in [0, 0.1) is 0 Å². The molecule has 1 aromatic rings. The Bertz CT molecular complexity index is 425. The first-order valence-corrected chi connectivity index (χ1v) is 6.38. The van der Waals surface area contributed by atoms with Crippen molar-refractivity contribution in [2.45, 2.75) is 45.2 Å². The van der Waals surface area contributed by atoms with Crippen LogP contribution in [0.3, 0.4) is 0 Å². The molecule has 1 saturated heterocycles. The minimum Gasteiger partial charge on any atom is -0.333 e. The van der Waals surface area contributed by atoms with Crippen LogP contribution in [0.2, 0.25) is 0 Å². The Morgan fingerprint density at radius 1 is 1.44 bits per heavy atom. The summed E-state index contributed by atoms with van der Waals surface area (Å²) >= 11 is 0. The molecule has 5 nitrogen and oxygen atoms in total. The van der Waals surface area contributed by atoms with E-state index < -0.39 is 0 Å². The van der Waals surface area contributed by atoms with Crippen molar-refractivity contribution in [2.24, 2.45) is 5.84 Å². The van der Waals surface area contributed by atoms with Gasteiger partial charge in [0.1, 0.15) is 0 Å². The van der Waals surface area contributed by atoms with Gasteiger partial charge in [-0.25, -0.2) is 0 Å². The second kappa shape index (κ2) is 5.35. The SMILES string of the molecule is CC1CCCC(C)N1C(=O)c1ccncc1NN. The number of hydrazine groups is 1. The summed E-state index contributed by atoms with van der Waals surface area (Å²) in [5.41, 5.74) is 3.70. The van der Waals surface area contributed by atoms with Gasteiger partial charge in [0.25, 0.3) is 5.91 Å². The van der Waals surface area contributed by atoms with Crippen molar-refractivity contribution in [3.05, 3.63) is 24.0 Å². The van der Waals surface area contributed by atoms with Crippen molar-refractivity contribution in [1.82, 2.24) is 9.88 Å². The van der Waals surface area contributed by atoms with Crippen LogP contribution < -0.4 is 11.3 Å². The van der Waals surface area contributed by atoms with Crippen LogP contribution >= 0.6 is 0 Å². The summed E-state index contributed by atoms with van der Waals surface area (Å²) in [5, 5.41) is 0. The van der Waals surface area contributed by atoms with Crippen molar-refractivity contribution in [3.63, 3.8) is 0 Å². The number of carbonyl (C=O) groups excluding carboxylic acids is 1. The quantitative estimate of drug-likeness (QED) is 0.618. The zero-order chi connectivity index (χ0) is 13.1. The Morgan fingerprint density at radius 2 is 2.11 bits per heavy atom. The number of nitrogens with two attached hydrogens (primary N) is 1. The lowest BCUT2D eigenvalue weighted by atomic mass is 9.96. The number of aromatic nitrogens is 1. The molecule has 1 fully saturated rings. The molecular formula is C13H20N4O. The average molecular weight is 248 g/mol. The van der Waals surface area contributed by atoms with E-state index in [1.54, 1.807) is 18.5 Å². The number of likely N-dealkylation sites (tertiary alicyclic amines) is 1. The van der Waals surface area contributed by atoms with Crippen LogP contribution in [0.5, 0.6) is 0 Å². The van der Waals surface area contributed by atoms with E-state index in [9.17, 15) is 4.79 Å². The van der Waals surface area contributed by atoms with Gasteiger partial charge in [0, 0.05) is 18.3 Å². The first-order chi connectivity index (χ1) is 8.65. The summed E-state index contributed by atoms with van der Waals surface area (Å²) in [6.07, 6.45) is 6.50. The number of rotatable bonds is 2. The lowest BCUT2D eigenvalue weighted by Gasteiger charge is -2.39. The van der Waals surface area contributed by atoms with Gasteiger partial charge in [0.2, 0.25) is 0 Å². The van der Waals surface area contributed by atoms with Crippen LogP contribution in [-0.2, 0) is 0 Å². The van der Waals surface area contributed by atoms with Gasteiger partial charge in [-0.3, -0.25) is 15.6 Å². The molecular weight excluding hydrogens is 228 g/mol. The first kappa shape index (κ1) is 12.8. The molecule has 98 valence electrons. The van der Waals surface area contributed by atoms with Gasteiger partial charge in [0.05, 0.1) is 17.4 Å². The minimum absolute atomic E-state index is 0.0325. The number of pyridine rings is 1. The summed E-state index contributed by atoms with van der Waals surface area (Å²) in [5.74, 6) is 5.46. The maximum Gasteiger partial charge on any atom is 0.256 e.